The predicted molar refractivity (Wildman–Crippen MR) is 91.7 cm³/mol. The summed E-state index contributed by atoms with van der Waals surface area (Å²) in [5.41, 5.74) is -0.258. The third-order valence-electron chi connectivity index (χ3n) is 4.40. The number of nitrogens with zero attached hydrogens (tertiary/aromatic N) is 3. The first-order valence-electron chi connectivity index (χ1n) is 8.57. The average molecular weight is 327 g/mol. The molecule has 1 heterocycles. The van der Waals surface area contributed by atoms with E-state index >= 15 is 0 Å². The van der Waals surface area contributed by atoms with Gasteiger partial charge in [-0.2, -0.15) is 0 Å². The van der Waals surface area contributed by atoms with Gasteiger partial charge in [-0.1, -0.05) is 20.8 Å². The Morgan fingerprint density at radius 2 is 1.48 bits per heavy atom. The van der Waals surface area contributed by atoms with Gasteiger partial charge in [0.25, 0.3) is 0 Å². The fourth-order valence-corrected chi connectivity index (χ4v) is 2.65. The van der Waals surface area contributed by atoms with Gasteiger partial charge in [0, 0.05) is 51.1 Å². The monoisotopic (exact) mass is 327 g/mol. The van der Waals surface area contributed by atoms with Crippen molar-refractivity contribution >= 4 is 11.8 Å². The number of rotatable bonds is 6. The van der Waals surface area contributed by atoms with Gasteiger partial charge in [-0.3, -0.25) is 14.5 Å². The number of likely N-dealkylation sites (N-methyl/N-ethyl adjacent to an activating group) is 1. The number of carbonyl (C=O) groups excluding carboxylic acids is 1. The second kappa shape index (κ2) is 9.35. The molecule has 6 heteroatoms. The normalized spacial score (nSPS) is 19.8. The second-order valence-electron chi connectivity index (χ2n) is 7.59. The van der Waals surface area contributed by atoms with E-state index < -0.39 is 5.97 Å². The van der Waals surface area contributed by atoms with E-state index in [0.717, 1.165) is 52.2 Å². The highest BCUT2D eigenvalue weighted by Gasteiger charge is 2.21. The Bertz CT molecular complexity index is 393. The summed E-state index contributed by atoms with van der Waals surface area (Å²) in [4.78, 5) is 29.6. The highest BCUT2D eigenvalue weighted by Crippen LogP contribution is 2.17. The van der Waals surface area contributed by atoms with Crippen molar-refractivity contribution in [1.82, 2.24) is 14.7 Å². The maximum atomic E-state index is 12.0. The first kappa shape index (κ1) is 20.1. The minimum atomic E-state index is -0.769. The molecule has 6 nitrogen and oxygen atoms in total. The van der Waals surface area contributed by atoms with E-state index in [1.165, 1.54) is 0 Å². The molecule has 0 radical (unpaired) electrons. The van der Waals surface area contributed by atoms with E-state index in [1.54, 1.807) is 0 Å². The maximum Gasteiger partial charge on any atom is 0.317 e. The third-order valence-corrected chi connectivity index (χ3v) is 4.40. The van der Waals surface area contributed by atoms with Crippen LogP contribution in [0.5, 0.6) is 0 Å². The summed E-state index contributed by atoms with van der Waals surface area (Å²) in [6, 6.07) is 0. The van der Waals surface area contributed by atoms with E-state index in [9.17, 15) is 9.59 Å². The number of Topliss-reactive ketones (excluding diaryl/α,β-unsaturated/α-hetero) is 1. The van der Waals surface area contributed by atoms with Crippen molar-refractivity contribution in [3.05, 3.63) is 0 Å². The topological polar surface area (TPSA) is 64.1 Å². The Morgan fingerprint density at radius 3 is 2.04 bits per heavy atom. The van der Waals surface area contributed by atoms with Gasteiger partial charge in [-0.05, 0) is 20.0 Å². The van der Waals surface area contributed by atoms with Crippen molar-refractivity contribution in [1.29, 1.82) is 0 Å². The number of aliphatic carboxylic acids is 1. The molecule has 0 aliphatic carbocycles. The van der Waals surface area contributed by atoms with Gasteiger partial charge in [0.1, 0.15) is 5.78 Å². The SMILES string of the molecule is CN1CCN(CCCC(=O)C(C)(C)C)CCN(CC(=O)O)CC1. The number of ketones is 1. The smallest absolute Gasteiger partial charge is 0.317 e. The molecule has 0 spiro atoms. The van der Waals surface area contributed by atoms with Crippen molar-refractivity contribution in [3.8, 4) is 0 Å². The largest absolute Gasteiger partial charge is 0.480 e. The summed E-state index contributed by atoms with van der Waals surface area (Å²) >= 11 is 0. The predicted octanol–water partition coefficient (Wildman–Crippen LogP) is 1.02. The zero-order valence-corrected chi connectivity index (χ0v) is 15.2. The zero-order valence-electron chi connectivity index (χ0n) is 15.2. The van der Waals surface area contributed by atoms with Crippen LogP contribution in [0.3, 0.4) is 0 Å². The van der Waals surface area contributed by atoms with E-state index in [2.05, 4.69) is 16.8 Å². The summed E-state index contributed by atoms with van der Waals surface area (Å²) in [6.45, 7) is 12.2. The van der Waals surface area contributed by atoms with Gasteiger partial charge >= 0.3 is 5.97 Å². The number of hydrogen-bond acceptors (Lipinski definition) is 5. The third kappa shape index (κ3) is 8.44. The summed E-state index contributed by atoms with van der Waals surface area (Å²) in [5, 5.41) is 9.00. The molecule has 1 rings (SSSR count). The van der Waals surface area contributed by atoms with Crippen LogP contribution >= 0.6 is 0 Å². The highest BCUT2D eigenvalue weighted by molar-refractivity contribution is 5.83. The van der Waals surface area contributed by atoms with Crippen LogP contribution in [0, 0.1) is 5.41 Å². The molecule has 1 aliphatic heterocycles. The van der Waals surface area contributed by atoms with Crippen molar-refractivity contribution in [2.75, 3.05) is 59.4 Å². The lowest BCUT2D eigenvalue weighted by Crippen LogP contribution is -2.39. The summed E-state index contributed by atoms with van der Waals surface area (Å²) < 4.78 is 0. The van der Waals surface area contributed by atoms with Crippen LogP contribution in [0.25, 0.3) is 0 Å². The minimum absolute atomic E-state index is 0.101. The summed E-state index contributed by atoms with van der Waals surface area (Å²) in [6.07, 6.45) is 1.49. The summed E-state index contributed by atoms with van der Waals surface area (Å²) in [7, 11) is 2.07. The fourth-order valence-electron chi connectivity index (χ4n) is 2.65. The minimum Gasteiger partial charge on any atom is -0.480 e. The summed E-state index contributed by atoms with van der Waals surface area (Å²) in [5.74, 6) is -0.458. The fraction of sp³-hybridized carbons (Fsp3) is 0.882. The van der Waals surface area contributed by atoms with E-state index in [4.69, 9.17) is 5.11 Å². The van der Waals surface area contributed by atoms with Gasteiger partial charge < -0.3 is 14.9 Å². The van der Waals surface area contributed by atoms with E-state index in [0.29, 0.717) is 12.2 Å². The van der Waals surface area contributed by atoms with Crippen LogP contribution in [-0.2, 0) is 9.59 Å². The van der Waals surface area contributed by atoms with Crippen molar-refractivity contribution < 1.29 is 14.7 Å². The van der Waals surface area contributed by atoms with Crippen molar-refractivity contribution in [3.63, 3.8) is 0 Å². The molecule has 0 aromatic carbocycles. The standard InChI is InChI=1S/C17H33N3O3/c1-17(2,3)15(21)6-5-7-19-10-8-18(4)9-11-20(13-12-19)14-16(22)23/h5-14H2,1-4H3,(H,22,23). The first-order valence-corrected chi connectivity index (χ1v) is 8.57. The van der Waals surface area contributed by atoms with Gasteiger partial charge in [0.15, 0.2) is 0 Å². The molecule has 1 fully saturated rings. The van der Waals surface area contributed by atoms with E-state index in [1.807, 2.05) is 25.7 Å². The van der Waals surface area contributed by atoms with Crippen molar-refractivity contribution in [2.45, 2.75) is 33.6 Å². The lowest BCUT2D eigenvalue weighted by atomic mass is 9.88. The van der Waals surface area contributed by atoms with E-state index in [-0.39, 0.29) is 12.0 Å². The van der Waals surface area contributed by atoms with Crippen LogP contribution in [0.1, 0.15) is 33.6 Å². The number of carbonyl (C=O) groups is 2. The number of carboxylic acids is 1. The highest BCUT2D eigenvalue weighted by atomic mass is 16.4. The van der Waals surface area contributed by atoms with Gasteiger partial charge in [0.2, 0.25) is 0 Å². The lowest BCUT2D eigenvalue weighted by Gasteiger charge is -2.25. The molecule has 0 unspecified atom stereocenters. The quantitative estimate of drug-likeness (QED) is 0.786. The van der Waals surface area contributed by atoms with Crippen LogP contribution in [0.4, 0.5) is 0 Å². The number of carboxylic acid groups (broad SMARTS) is 1. The van der Waals surface area contributed by atoms with Gasteiger partial charge in [-0.15, -0.1) is 0 Å². The second-order valence-corrected chi connectivity index (χ2v) is 7.59. The molecule has 0 amide bonds. The molecular weight excluding hydrogens is 294 g/mol. The Hall–Kier alpha value is -0.980. The molecule has 1 saturated heterocycles. The molecule has 0 bridgehead atoms. The Morgan fingerprint density at radius 1 is 0.957 bits per heavy atom. The molecule has 0 saturated carbocycles. The van der Waals surface area contributed by atoms with Gasteiger partial charge in [-0.25, -0.2) is 0 Å². The Labute approximate surface area is 140 Å². The molecule has 0 aromatic rings. The molecule has 1 N–H and O–H groups in total. The molecule has 134 valence electrons. The van der Waals surface area contributed by atoms with Crippen LogP contribution in [0.15, 0.2) is 0 Å². The Balaban J connectivity index is 2.46. The molecular formula is C17H33N3O3. The maximum absolute atomic E-state index is 12.0. The zero-order chi connectivity index (χ0) is 17.5. The van der Waals surface area contributed by atoms with Gasteiger partial charge in [0.05, 0.1) is 6.54 Å². The average Bonchev–Trinajstić information content (AvgIpc) is 2.51. The van der Waals surface area contributed by atoms with Crippen LogP contribution < -0.4 is 0 Å². The van der Waals surface area contributed by atoms with Crippen molar-refractivity contribution in [2.24, 2.45) is 5.41 Å². The molecule has 23 heavy (non-hydrogen) atoms. The molecule has 0 atom stereocenters. The van der Waals surface area contributed by atoms with Crippen LogP contribution in [-0.4, -0.2) is 91.0 Å². The Kier molecular flexibility index (Phi) is 8.16. The molecule has 1 aliphatic rings. The number of hydrogen-bond donors (Lipinski definition) is 1. The lowest BCUT2D eigenvalue weighted by molar-refractivity contribution is -0.138. The first-order chi connectivity index (χ1) is 10.7. The van der Waals surface area contributed by atoms with Crippen LogP contribution in [0.2, 0.25) is 0 Å². The molecule has 0 aromatic heterocycles.